The molecule has 1 aliphatic carbocycles. The largest absolute Gasteiger partial charge is 0.330 e. The number of fused-ring (bicyclic) bond motifs is 1. The lowest BCUT2D eigenvalue weighted by atomic mass is 10.2. The van der Waals surface area contributed by atoms with E-state index >= 15 is 0 Å². The van der Waals surface area contributed by atoms with E-state index < -0.39 is 0 Å². The van der Waals surface area contributed by atoms with Gasteiger partial charge in [-0.05, 0) is 42.0 Å². The van der Waals surface area contributed by atoms with E-state index in [0.29, 0.717) is 0 Å². The van der Waals surface area contributed by atoms with Crippen molar-refractivity contribution in [2.75, 3.05) is 19.6 Å². The van der Waals surface area contributed by atoms with Crippen LogP contribution in [0.2, 0.25) is 0 Å². The molecule has 2 nitrogen and oxygen atoms in total. The smallest absolute Gasteiger partial charge is 0.0233 e. The minimum atomic E-state index is 0.834. The van der Waals surface area contributed by atoms with Crippen LogP contribution < -0.4 is 5.73 Å². The zero-order valence-electron chi connectivity index (χ0n) is 9.27. The predicted octanol–water partition coefficient (Wildman–Crippen LogP) is 2.09. The molecule has 16 heavy (non-hydrogen) atoms. The van der Waals surface area contributed by atoms with Gasteiger partial charge in [0.05, 0.1) is 0 Å². The van der Waals surface area contributed by atoms with Crippen molar-refractivity contribution in [1.29, 1.82) is 0 Å². The summed E-state index contributed by atoms with van der Waals surface area (Å²) in [7, 11) is 0. The molecule has 1 saturated heterocycles. The first-order valence-electron chi connectivity index (χ1n) is 5.95. The molecule has 1 heterocycles. The molecule has 2 unspecified atom stereocenters. The summed E-state index contributed by atoms with van der Waals surface area (Å²) in [5.74, 6) is 2.64. The second-order valence-electron chi connectivity index (χ2n) is 5.05. The summed E-state index contributed by atoms with van der Waals surface area (Å²) in [6.45, 7) is 4.49. The Morgan fingerprint density at radius 1 is 1.19 bits per heavy atom. The third-order valence-electron chi connectivity index (χ3n) is 4.04. The van der Waals surface area contributed by atoms with Crippen LogP contribution in [0.3, 0.4) is 0 Å². The van der Waals surface area contributed by atoms with Gasteiger partial charge >= 0.3 is 0 Å². The molecule has 1 aromatic carbocycles. The van der Waals surface area contributed by atoms with Crippen LogP contribution in [0.1, 0.15) is 5.56 Å². The Balaban J connectivity index is 1.56. The van der Waals surface area contributed by atoms with Gasteiger partial charge in [-0.25, -0.2) is 0 Å². The van der Waals surface area contributed by atoms with Gasteiger partial charge in [0.25, 0.3) is 0 Å². The van der Waals surface area contributed by atoms with Gasteiger partial charge in [0, 0.05) is 24.1 Å². The SMILES string of the molecule is NCC1C2CN(Cc3ccc(Br)cc3)CC12. The number of benzene rings is 1. The first-order valence-corrected chi connectivity index (χ1v) is 6.74. The van der Waals surface area contributed by atoms with E-state index in [1.165, 1.54) is 18.7 Å². The Hall–Kier alpha value is -0.380. The van der Waals surface area contributed by atoms with Gasteiger partial charge in [-0.2, -0.15) is 0 Å². The molecule has 0 spiro atoms. The van der Waals surface area contributed by atoms with Crippen molar-refractivity contribution in [3.63, 3.8) is 0 Å². The molecular weight excluding hydrogens is 264 g/mol. The molecule has 0 radical (unpaired) electrons. The third kappa shape index (κ3) is 1.92. The van der Waals surface area contributed by atoms with E-state index in [0.717, 1.165) is 35.3 Å². The highest BCUT2D eigenvalue weighted by molar-refractivity contribution is 9.10. The van der Waals surface area contributed by atoms with Crippen LogP contribution in [0, 0.1) is 17.8 Å². The summed E-state index contributed by atoms with van der Waals surface area (Å²) >= 11 is 3.46. The average Bonchev–Trinajstić information content (AvgIpc) is 2.76. The first-order chi connectivity index (χ1) is 7.78. The fourth-order valence-electron chi connectivity index (χ4n) is 3.06. The van der Waals surface area contributed by atoms with Crippen molar-refractivity contribution in [2.24, 2.45) is 23.5 Å². The number of rotatable bonds is 3. The van der Waals surface area contributed by atoms with Crippen molar-refractivity contribution < 1.29 is 0 Å². The summed E-state index contributed by atoms with van der Waals surface area (Å²) in [4.78, 5) is 2.56. The number of nitrogens with two attached hydrogens (primary N) is 1. The lowest BCUT2D eigenvalue weighted by Crippen LogP contribution is -2.25. The van der Waals surface area contributed by atoms with Crippen LogP contribution in [0.15, 0.2) is 28.7 Å². The van der Waals surface area contributed by atoms with Gasteiger partial charge in [0.15, 0.2) is 0 Å². The lowest BCUT2D eigenvalue weighted by molar-refractivity contribution is 0.279. The predicted molar refractivity (Wildman–Crippen MR) is 68.9 cm³/mol. The van der Waals surface area contributed by atoms with Crippen molar-refractivity contribution in [2.45, 2.75) is 6.54 Å². The van der Waals surface area contributed by atoms with Crippen molar-refractivity contribution in [1.82, 2.24) is 4.90 Å². The molecule has 86 valence electrons. The molecule has 0 amide bonds. The molecule has 2 fully saturated rings. The van der Waals surface area contributed by atoms with E-state index in [1.54, 1.807) is 0 Å². The zero-order chi connectivity index (χ0) is 11.1. The Morgan fingerprint density at radius 2 is 1.81 bits per heavy atom. The number of halogens is 1. The highest BCUT2D eigenvalue weighted by Crippen LogP contribution is 2.51. The monoisotopic (exact) mass is 280 g/mol. The summed E-state index contributed by atoms with van der Waals surface area (Å²) < 4.78 is 1.16. The standard InChI is InChI=1S/C13H17BrN2/c14-10-3-1-9(2-4-10)6-16-7-12-11(5-15)13(12)8-16/h1-4,11-13H,5-8,15H2. The van der Waals surface area contributed by atoms with Crippen LogP contribution in [0.5, 0.6) is 0 Å². The van der Waals surface area contributed by atoms with Crippen LogP contribution in [0.4, 0.5) is 0 Å². The van der Waals surface area contributed by atoms with Crippen LogP contribution in [-0.2, 0) is 6.54 Å². The van der Waals surface area contributed by atoms with E-state index in [-0.39, 0.29) is 0 Å². The maximum Gasteiger partial charge on any atom is 0.0233 e. The average molecular weight is 281 g/mol. The van der Waals surface area contributed by atoms with Crippen LogP contribution >= 0.6 is 15.9 Å². The van der Waals surface area contributed by atoms with Gasteiger partial charge in [0.1, 0.15) is 0 Å². The summed E-state index contributed by atoms with van der Waals surface area (Å²) in [5, 5.41) is 0. The second kappa shape index (κ2) is 4.13. The molecule has 3 heteroatoms. The first kappa shape index (κ1) is 10.8. The van der Waals surface area contributed by atoms with Gasteiger partial charge < -0.3 is 5.73 Å². The zero-order valence-corrected chi connectivity index (χ0v) is 10.9. The number of nitrogens with zero attached hydrogens (tertiary/aromatic N) is 1. The van der Waals surface area contributed by atoms with Crippen LogP contribution in [-0.4, -0.2) is 24.5 Å². The Labute approximate surface area is 105 Å². The molecule has 0 aromatic heterocycles. The number of hydrogen-bond donors (Lipinski definition) is 1. The van der Waals surface area contributed by atoms with E-state index in [4.69, 9.17) is 5.73 Å². The topological polar surface area (TPSA) is 29.3 Å². The fraction of sp³-hybridized carbons (Fsp3) is 0.538. The van der Waals surface area contributed by atoms with Crippen molar-refractivity contribution in [3.05, 3.63) is 34.3 Å². The number of hydrogen-bond acceptors (Lipinski definition) is 2. The summed E-state index contributed by atoms with van der Waals surface area (Å²) in [6.07, 6.45) is 0. The minimum Gasteiger partial charge on any atom is -0.330 e. The van der Waals surface area contributed by atoms with Crippen molar-refractivity contribution >= 4 is 15.9 Å². The van der Waals surface area contributed by atoms with Gasteiger partial charge in [0.2, 0.25) is 0 Å². The molecule has 1 aliphatic heterocycles. The Kier molecular flexibility index (Phi) is 2.78. The second-order valence-corrected chi connectivity index (χ2v) is 5.96. The number of piperidine rings is 1. The molecule has 1 aromatic rings. The quantitative estimate of drug-likeness (QED) is 0.919. The minimum absolute atomic E-state index is 0.834. The molecular formula is C13H17BrN2. The molecule has 2 aliphatic rings. The Bertz CT molecular complexity index is 364. The van der Waals surface area contributed by atoms with Gasteiger partial charge in [-0.15, -0.1) is 0 Å². The molecule has 0 bridgehead atoms. The van der Waals surface area contributed by atoms with E-state index in [2.05, 4.69) is 45.1 Å². The summed E-state index contributed by atoms with van der Waals surface area (Å²) in [5.41, 5.74) is 7.13. The Morgan fingerprint density at radius 3 is 2.38 bits per heavy atom. The normalized spacial score (nSPS) is 32.8. The third-order valence-corrected chi connectivity index (χ3v) is 4.57. The molecule has 2 N–H and O–H groups in total. The summed E-state index contributed by atoms with van der Waals surface area (Å²) in [6, 6.07) is 8.65. The van der Waals surface area contributed by atoms with Crippen LogP contribution in [0.25, 0.3) is 0 Å². The maximum atomic E-state index is 5.72. The molecule has 2 atom stereocenters. The maximum absolute atomic E-state index is 5.72. The van der Waals surface area contributed by atoms with E-state index in [1.807, 2.05) is 0 Å². The molecule has 1 saturated carbocycles. The van der Waals surface area contributed by atoms with Gasteiger partial charge in [-0.1, -0.05) is 28.1 Å². The highest BCUT2D eigenvalue weighted by atomic mass is 79.9. The molecule has 3 rings (SSSR count). The highest BCUT2D eigenvalue weighted by Gasteiger charge is 2.54. The van der Waals surface area contributed by atoms with Gasteiger partial charge in [-0.3, -0.25) is 4.90 Å². The van der Waals surface area contributed by atoms with E-state index in [9.17, 15) is 0 Å². The lowest BCUT2D eigenvalue weighted by Gasteiger charge is -2.19. The fourth-order valence-corrected chi connectivity index (χ4v) is 3.33. The van der Waals surface area contributed by atoms with Crippen molar-refractivity contribution in [3.8, 4) is 0 Å². The number of likely N-dealkylation sites (tertiary alicyclic amines) is 1.